The molecule has 2 rings (SSSR count). The monoisotopic (exact) mass is 265 g/mol. The number of hydrogen-bond donors (Lipinski definition) is 2. The number of nitrogens with one attached hydrogen (secondary N) is 1. The lowest BCUT2D eigenvalue weighted by Gasteiger charge is -2.20. The smallest absolute Gasteiger partial charge is 0.238 e. The summed E-state index contributed by atoms with van der Waals surface area (Å²) in [6, 6.07) is 3.65. The quantitative estimate of drug-likeness (QED) is 0.802. The van der Waals surface area contributed by atoms with Gasteiger partial charge in [0.25, 0.3) is 0 Å². The van der Waals surface area contributed by atoms with Crippen molar-refractivity contribution in [2.24, 2.45) is 0 Å². The van der Waals surface area contributed by atoms with Gasteiger partial charge in [-0.25, -0.2) is 0 Å². The van der Waals surface area contributed by atoms with E-state index in [1.807, 2.05) is 25.8 Å². The number of nitrogens with two attached hydrogens (primary N) is 1. The topological polar surface area (TPSA) is 76.8 Å². The Morgan fingerprint density at radius 3 is 2.68 bits per heavy atom. The van der Waals surface area contributed by atoms with Crippen LogP contribution >= 0.6 is 0 Å². The molecule has 0 saturated carbocycles. The van der Waals surface area contributed by atoms with E-state index in [1.165, 1.54) is 0 Å². The molecule has 0 unspecified atom stereocenters. The average molecular weight is 265 g/mol. The van der Waals surface area contributed by atoms with Gasteiger partial charge in [-0.05, 0) is 20.9 Å². The number of fused-ring (bicyclic) bond motifs is 1. The van der Waals surface area contributed by atoms with Crippen molar-refractivity contribution in [3.05, 3.63) is 12.1 Å². The molecule has 19 heavy (non-hydrogen) atoms. The molecule has 1 aromatic carbocycles. The molecular weight excluding hydrogens is 246 g/mol. The number of carbonyl (C=O) groups excluding carboxylic acids is 1. The zero-order chi connectivity index (χ0) is 14.0. The van der Waals surface area contributed by atoms with E-state index in [2.05, 4.69) is 5.32 Å². The highest BCUT2D eigenvalue weighted by molar-refractivity contribution is 5.95. The maximum Gasteiger partial charge on any atom is 0.238 e. The maximum absolute atomic E-state index is 11.9. The third-order valence-electron chi connectivity index (χ3n) is 3.09. The first kappa shape index (κ1) is 13.5. The summed E-state index contributed by atoms with van der Waals surface area (Å²) >= 11 is 0. The Labute approximate surface area is 112 Å². The molecule has 0 aromatic heterocycles. The van der Waals surface area contributed by atoms with E-state index < -0.39 is 0 Å². The summed E-state index contributed by atoms with van der Waals surface area (Å²) in [5, 5.41) is 2.78. The second-order valence-electron chi connectivity index (χ2n) is 4.85. The third-order valence-corrected chi connectivity index (χ3v) is 3.09. The minimum absolute atomic E-state index is 0.109. The van der Waals surface area contributed by atoms with Crippen LogP contribution in [0.3, 0.4) is 0 Å². The van der Waals surface area contributed by atoms with Gasteiger partial charge in [-0.15, -0.1) is 0 Å². The van der Waals surface area contributed by atoms with Gasteiger partial charge in [0.2, 0.25) is 12.7 Å². The summed E-state index contributed by atoms with van der Waals surface area (Å²) in [6.07, 6.45) is 0. The highest BCUT2D eigenvalue weighted by atomic mass is 16.7. The number of amides is 1. The number of likely N-dealkylation sites (N-methyl/N-ethyl adjacent to an activating group) is 1. The number of nitrogens with zero attached hydrogens (tertiary/aromatic N) is 1. The molecule has 1 heterocycles. The van der Waals surface area contributed by atoms with Crippen LogP contribution in [0.1, 0.15) is 13.8 Å². The van der Waals surface area contributed by atoms with E-state index >= 15 is 0 Å². The van der Waals surface area contributed by atoms with Crippen LogP contribution in [0.25, 0.3) is 0 Å². The summed E-state index contributed by atoms with van der Waals surface area (Å²) in [5.74, 6) is 1.10. The van der Waals surface area contributed by atoms with Gasteiger partial charge in [0.15, 0.2) is 11.5 Å². The Kier molecular flexibility index (Phi) is 3.80. The lowest BCUT2D eigenvalue weighted by atomic mass is 10.2. The molecule has 0 radical (unpaired) electrons. The van der Waals surface area contributed by atoms with Gasteiger partial charge in [-0.3, -0.25) is 9.69 Å². The molecule has 1 aromatic rings. The van der Waals surface area contributed by atoms with Crippen molar-refractivity contribution in [2.75, 3.05) is 31.4 Å². The molecule has 0 bridgehead atoms. The second kappa shape index (κ2) is 5.36. The first-order chi connectivity index (χ1) is 8.97. The van der Waals surface area contributed by atoms with Crippen LogP contribution in [0.2, 0.25) is 0 Å². The number of rotatable bonds is 4. The van der Waals surface area contributed by atoms with Crippen LogP contribution in [0.5, 0.6) is 11.5 Å². The number of benzene rings is 1. The predicted octanol–water partition coefficient (Wildman–Crippen LogP) is 1.28. The molecule has 6 heteroatoms. The van der Waals surface area contributed by atoms with Gasteiger partial charge >= 0.3 is 0 Å². The van der Waals surface area contributed by atoms with Gasteiger partial charge in [-0.2, -0.15) is 0 Å². The van der Waals surface area contributed by atoms with E-state index in [0.29, 0.717) is 35.5 Å². The van der Waals surface area contributed by atoms with Crippen LogP contribution < -0.4 is 20.5 Å². The zero-order valence-corrected chi connectivity index (χ0v) is 11.4. The Morgan fingerprint density at radius 2 is 2.05 bits per heavy atom. The van der Waals surface area contributed by atoms with Crippen molar-refractivity contribution in [2.45, 2.75) is 19.9 Å². The van der Waals surface area contributed by atoms with Crippen molar-refractivity contribution < 1.29 is 14.3 Å². The lowest BCUT2D eigenvalue weighted by Crippen LogP contribution is -2.34. The zero-order valence-electron chi connectivity index (χ0n) is 11.4. The predicted molar refractivity (Wildman–Crippen MR) is 73.4 cm³/mol. The first-order valence-corrected chi connectivity index (χ1v) is 6.16. The Morgan fingerprint density at radius 1 is 1.42 bits per heavy atom. The van der Waals surface area contributed by atoms with Crippen molar-refractivity contribution in [3.63, 3.8) is 0 Å². The molecule has 6 nitrogen and oxygen atoms in total. The molecule has 3 N–H and O–H groups in total. The van der Waals surface area contributed by atoms with Gasteiger partial charge in [0.05, 0.1) is 17.9 Å². The van der Waals surface area contributed by atoms with Crippen LogP contribution in [-0.4, -0.2) is 37.2 Å². The highest BCUT2D eigenvalue weighted by Gasteiger charge is 2.17. The van der Waals surface area contributed by atoms with Gasteiger partial charge in [-0.1, -0.05) is 0 Å². The van der Waals surface area contributed by atoms with E-state index in [9.17, 15) is 4.79 Å². The molecule has 0 aliphatic carbocycles. The standard InChI is InChI=1S/C13H19N3O3/c1-8(2)16(3)6-13(17)15-10-5-12-11(4-9(10)14)18-7-19-12/h4-5,8H,6-7,14H2,1-3H3,(H,15,17). The van der Waals surface area contributed by atoms with Crippen LogP contribution in [0.4, 0.5) is 11.4 Å². The van der Waals surface area contributed by atoms with E-state index in [1.54, 1.807) is 12.1 Å². The molecule has 1 aliphatic heterocycles. The number of anilines is 2. The Balaban J connectivity index is 2.05. The molecule has 0 spiro atoms. The Hall–Kier alpha value is -1.95. The second-order valence-corrected chi connectivity index (χ2v) is 4.85. The van der Waals surface area contributed by atoms with Crippen LogP contribution in [-0.2, 0) is 4.79 Å². The summed E-state index contributed by atoms with van der Waals surface area (Å²) in [6.45, 7) is 4.55. The fourth-order valence-electron chi connectivity index (χ4n) is 1.66. The van der Waals surface area contributed by atoms with E-state index in [-0.39, 0.29) is 12.7 Å². The van der Waals surface area contributed by atoms with Gasteiger partial charge < -0.3 is 20.5 Å². The molecule has 1 aliphatic rings. The first-order valence-electron chi connectivity index (χ1n) is 6.16. The minimum atomic E-state index is -0.109. The summed E-state index contributed by atoms with van der Waals surface area (Å²) < 4.78 is 10.5. The summed E-state index contributed by atoms with van der Waals surface area (Å²) in [5.41, 5.74) is 6.88. The van der Waals surface area contributed by atoms with Crippen molar-refractivity contribution in [1.82, 2.24) is 4.90 Å². The molecule has 0 atom stereocenters. The summed E-state index contributed by atoms with van der Waals surface area (Å²) in [4.78, 5) is 13.8. The fourth-order valence-corrected chi connectivity index (χ4v) is 1.66. The SMILES string of the molecule is CC(C)N(C)CC(=O)Nc1cc2c(cc1N)OCO2. The fraction of sp³-hybridized carbons (Fsp3) is 0.462. The molecule has 104 valence electrons. The van der Waals surface area contributed by atoms with Gasteiger partial charge in [0.1, 0.15) is 0 Å². The van der Waals surface area contributed by atoms with Crippen LogP contribution in [0, 0.1) is 0 Å². The van der Waals surface area contributed by atoms with Crippen molar-refractivity contribution >= 4 is 17.3 Å². The summed E-state index contributed by atoms with van der Waals surface area (Å²) in [7, 11) is 1.90. The van der Waals surface area contributed by atoms with Gasteiger partial charge in [0, 0.05) is 18.2 Å². The largest absolute Gasteiger partial charge is 0.454 e. The Bertz CT molecular complexity index is 488. The van der Waals surface area contributed by atoms with Crippen LogP contribution in [0.15, 0.2) is 12.1 Å². The van der Waals surface area contributed by atoms with E-state index in [0.717, 1.165) is 0 Å². The average Bonchev–Trinajstić information content (AvgIpc) is 2.76. The number of ether oxygens (including phenoxy) is 2. The third kappa shape index (κ3) is 3.08. The normalized spacial score (nSPS) is 13.1. The minimum Gasteiger partial charge on any atom is -0.454 e. The van der Waals surface area contributed by atoms with Crippen molar-refractivity contribution in [1.29, 1.82) is 0 Å². The number of hydrogen-bond acceptors (Lipinski definition) is 5. The molecule has 0 saturated heterocycles. The van der Waals surface area contributed by atoms with Crippen molar-refractivity contribution in [3.8, 4) is 11.5 Å². The lowest BCUT2D eigenvalue weighted by molar-refractivity contribution is -0.117. The molecule has 1 amide bonds. The molecule has 0 fully saturated rings. The maximum atomic E-state index is 11.9. The number of nitrogen functional groups attached to an aromatic ring is 1. The van der Waals surface area contributed by atoms with E-state index in [4.69, 9.17) is 15.2 Å². The number of carbonyl (C=O) groups is 1. The molecular formula is C13H19N3O3. The highest BCUT2D eigenvalue weighted by Crippen LogP contribution is 2.38.